The Kier molecular flexibility index (Phi) is 5.33. The zero-order valence-corrected chi connectivity index (χ0v) is 16.1. The molecule has 0 bridgehead atoms. The Morgan fingerprint density at radius 2 is 1.68 bits per heavy atom. The molecule has 2 amide bonds. The summed E-state index contributed by atoms with van der Waals surface area (Å²) in [5.41, 5.74) is 1.73. The Balaban J connectivity index is 1.58. The molecule has 5 heteroatoms. The zero-order chi connectivity index (χ0) is 19.5. The van der Waals surface area contributed by atoms with Crippen LogP contribution in [0.1, 0.15) is 47.6 Å². The van der Waals surface area contributed by atoms with Crippen molar-refractivity contribution >= 4 is 11.8 Å². The molecule has 5 nitrogen and oxygen atoms in total. The molecule has 1 saturated carbocycles. The molecule has 0 aromatic heterocycles. The number of ether oxygens (including phenoxy) is 1. The van der Waals surface area contributed by atoms with E-state index in [0.29, 0.717) is 18.2 Å². The highest BCUT2D eigenvalue weighted by atomic mass is 16.5. The van der Waals surface area contributed by atoms with Crippen LogP contribution in [0.5, 0.6) is 5.75 Å². The number of methoxy groups -OCH3 is 1. The van der Waals surface area contributed by atoms with Crippen molar-refractivity contribution in [2.45, 2.75) is 37.8 Å². The van der Waals surface area contributed by atoms with Crippen molar-refractivity contribution in [3.63, 3.8) is 0 Å². The van der Waals surface area contributed by atoms with E-state index in [4.69, 9.17) is 4.74 Å². The molecule has 0 radical (unpaired) electrons. The second-order valence-corrected chi connectivity index (χ2v) is 7.67. The molecule has 2 atom stereocenters. The third-order valence-corrected chi connectivity index (χ3v) is 5.66. The average molecular weight is 378 g/mol. The van der Waals surface area contributed by atoms with Gasteiger partial charge in [0.2, 0.25) is 5.91 Å². The molecule has 2 fully saturated rings. The fraction of sp³-hybridized carbons (Fsp3) is 0.391. The van der Waals surface area contributed by atoms with Crippen LogP contribution in [0.25, 0.3) is 0 Å². The molecule has 146 valence electrons. The monoisotopic (exact) mass is 378 g/mol. The summed E-state index contributed by atoms with van der Waals surface area (Å²) >= 11 is 0. The van der Waals surface area contributed by atoms with Crippen molar-refractivity contribution in [3.05, 3.63) is 65.7 Å². The second-order valence-electron chi connectivity index (χ2n) is 7.67. The van der Waals surface area contributed by atoms with Gasteiger partial charge in [-0.05, 0) is 55.5 Å². The molecule has 1 aliphatic carbocycles. The van der Waals surface area contributed by atoms with Crippen molar-refractivity contribution in [2.75, 3.05) is 13.7 Å². The lowest BCUT2D eigenvalue weighted by Crippen LogP contribution is -2.47. The quantitative estimate of drug-likeness (QED) is 0.865. The smallest absolute Gasteiger partial charge is 0.254 e. The highest BCUT2D eigenvalue weighted by Gasteiger charge is 2.37. The first kappa shape index (κ1) is 18.5. The van der Waals surface area contributed by atoms with Crippen LogP contribution in [0.4, 0.5) is 0 Å². The number of hydrogen-bond donors (Lipinski definition) is 1. The fourth-order valence-corrected chi connectivity index (χ4v) is 3.88. The minimum Gasteiger partial charge on any atom is -0.497 e. The van der Waals surface area contributed by atoms with E-state index in [2.05, 4.69) is 17.4 Å². The maximum absolute atomic E-state index is 13.3. The minimum atomic E-state index is -0.150. The van der Waals surface area contributed by atoms with Gasteiger partial charge in [0, 0.05) is 18.2 Å². The summed E-state index contributed by atoms with van der Waals surface area (Å²) < 4.78 is 5.20. The lowest BCUT2D eigenvalue weighted by Gasteiger charge is -2.39. The van der Waals surface area contributed by atoms with Gasteiger partial charge in [0.15, 0.2) is 0 Å². The first-order valence-electron chi connectivity index (χ1n) is 9.96. The highest BCUT2D eigenvalue weighted by Crippen LogP contribution is 2.35. The molecule has 1 aliphatic heterocycles. The molecule has 2 unspecified atom stereocenters. The predicted molar refractivity (Wildman–Crippen MR) is 107 cm³/mol. The molecular formula is C23H26N2O3. The average Bonchev–Trinajstić information content (AvgIpc) is 3.57. The molecule has 2 aliphatic rings. The Labute approximate surface area is 165 Å². The SMILES string of the molecule is COc1ccc(C(=O)N2CC(C(=O)NC3CC3)CCC2c2ccccc2)cc1. The fourth-order valence-electron chi connectivity index (χ4n) is 3.88. The van der Waals surface area contributed by atoms with Gasteiger partial charge in [0.1, 0.15) is 5.75 Å². The van der Waals surface area contributed by atoms with Gasteiger partial charge in [0.25, 0.3) is 5.91 Å². The van der Waals surface area contributed by atoms with Gasteiger partial charge in [-0.1, -0.05) is 30.3 Å². The molecule has 0 spiro atoms. The summed E-state index contributed by atoms with van der Waals surface area (Å²) in [5.74, 6) is 0.612. The van der Waals surface area contributed by atoms with Gasteiger partial charge in [0.05, 0.1) is 19.1 Å². The minimum absolute atomic E-state index is 0.0132. The van der Waals surface area contributed by atoms with Crippen LogP contribution >= 0.6 is 0 Å². The van der Waals surface area contributed by atoms with Crippen LogP contribution < -0.4 is 10.1 Å². The number of hydrogen-bond acceptors (Lipinski definition) is 3. The molecule has 4 rings (SSSR count). The number of amides is 2. The Morgan fingerprint density at radius 1 is 0.964 bits per heavy atom. The van der Waals surface area contributed by atoms with E-state index in [0.717, 1.165) is 37.0 Å². The van der Waals surface area contributed by atoms with Gasteiger partial charge >= 0.3 is 0 Å². The van der Waals surface area contributed by atoms with Gasteiger partial charge in [-0.15, -0.1) is 0 Å². The van der Waals surface area contributed by atoms with Crippen LogP contribution in [-0.2, 0) is 4.79 Å². The van der Waals surface area contributed by atoms with E-state index in [9.17, 15) is 9.59 Å². The number of rotatable bonds is 5. The molecule has 1 saturated heterocycles. The molecule has 28 heavy (non-hydrogen) atoms. The topological polar surface area (TPSA) is 58.6 Å². The van der Waals surface area contributed by atoms with E-state index in [-0.39, 0.29) is 23.8 Å². The lowest BCUT2D eigenvalue weighted by atomic mass is 9.88. The van der Waals surface area contributed by atoms with Crippen molar-refractivity contribution in [3.8, 4) is 5.75 Å². The van der Waals surface area contributed by atoms with Crippen LogP contribution in [-0.4, -0.2) is 36.4 Å². The van der Waals surface area contributed by atoms with Crippen LogP contribution in [0.2, 0.25) is 0 Å². The number of nitrogens with zero attached hydrogens (tertiary/aromatic N) is 1. The zero-order valence-electron chi connectivity index (χ0n) is 16.1. The summed E-state index contributed by atoms with van der Waals surface area (Å²) in [4.78, 5) is 27.8. The summed E-state index contributed by atoms with van der Waals surface area (Å²) in [6, 6.07) is 17.6. The van der Waals surface area contributed by atoms with Crippen LogP contribution in [0.3, 0.4) is 0 Å². The maximum atomic E-state index is 13.3. The Bertz CT molecular complexity index is 831. The van der Waals surface area contributed by atoms with E-state index < -0.39 is 0 Å². The number of nitrogens with one attached hydrogen (secondary N) is 1. The summed E-state index contributed by atoms with van der Waals surface area (Å²) in [5, 5.41) is 3.10. The van der Waals surface area contributed by atoms with E-state index in [1.807, 2.05) is 23.1 Å². The van der Waals surface area contributed by atoms with Crippen LogP contribution in [0.15, 0.2) is 54.6 Å². The Hall–Kier alpha value is -2.82. The largest absolute Gasteiger partial charge is 0.497 e. The normalized spacial score (nSPS) is 21.8. The lowest BCUT2D eigenvalue weighted by molar-refractivity contribution is -0.127. The number of benzene rings is 2. The van der Waals surface area contributed by atoms with Crippen LogP contribution in [0, 0.1) is 5.92 Å². The maximum Gasteiger partial charge on any atom is 0.254 e. The number of piperidine rings is 1. The predicted octanol–water partition coefficient (Wildman–Crippen LogP) is 3.57. The summed E-state index contributed by atoms with van der Waals surface area (Å²) in [6.07, 6.45) is 3.72. The number of carbonyl (C=O) groups is 2. The molecule has 2 aromatic carbocycles. The highest BCUT2D eigenvalue weighted by molar-refractivity contribution is 5.95. The number of likely N-dealkylation sites (tertiary alicyclic amines) is 1. The number of carbonyl (C=O) groups excluding carboxylic acids is 2. The van der Waals surface area contributed by atoms with E-state index in [1.54, 1.807) is 31.4 Å². The van der Waals surface area contributed by atoms with Crippen molar-refractivity contribution in [1.29, 1.82) is 0 Å². The molecule has 1 heterocycles. The van der Waals surface area contributed by atoms with Crippen molar-refractivity contribution in [2.24, 2.45) is 5.92 Å². The van der Waals surface area contributed by atoms with Crippen molar-refractivity contribution < 1.29 is 14.3 Å². The third-order valence-electron chi connectivity index (χ3n) is 5.66. The molecular weight excluding hydrogens is 352 g/mol. The first-order chi connectivity index (χ1) is 13.7. The Morgan fingerprint density at radius 3 is 2.32 bits per heavy atom. The first-order valence-corrected chi connectivity index (χ1v) is 9.96. The van der Waals surface area contributed by atoms with E-state index in [1.165, 1.54) is 0 Å². The van der Waals surface area contributed by atoms with Gasteiger partial charge in [-0.25, -0.2) is 0 Å². The second kappa shape index (κ2) is 8.05. The summed E-state index contributed by atoms with van der Waals surface area (Å²) in [6.45, 7) is 0.447. The van der Waals surface area contributed by atoms with Gasteiger partial charge < -0.3 is 15.0 Å². The molecule has 2 aromatic rings. The van der Waals surface area contributed by atoms with Gasteiger partial charge in [-0.3, -0.25) is 9.59 Å². The standard InChI is InChI=1S/C23H26N2O3/c1-28-20-12-7-17(8-13-20)23(27)25-15-18(22(26)24-19-10-11-19)9-14-21(25)16-5-3-2-4-6-16/h2-8,12-13,18-19,21H,9-11,14-15H2,1H3,(H,24,26). The summed E-state index contributed by atoms with van der Waals surface area (Å²) in [7, 11) is 1.61. The van der Waals surface area contributed by atoms with E-state index >= 15 is 0 Å². The molecule has 1 N–H and O–H groups in total. The van der Waals surface area contributed by atoms with Gasteiger partial charge in [-0.2, -0.15) is 0 Å². The third kappa shape index (κ3) is 4.03. The van der Waals surface area contributed by atoms with Crippen molar-refractivity contribution in [1.82, 2.24) is 10.2 Å².